The standard InChI is InChI=1S/C12H14N4/c1-9-4-3-5-10(8-9)16(2)11-6-7-14-12(13)15-11/h3-8H,1-2H3,(H2,13,14,15). The normalized spacial score (nSPS) is 10.1. The zero-order chi connectivity index (χ0) is 11.5. The summed E-state index contributed by atoms with van der Waals surface area (Å²) in [4.78, 5) is 10.0. The molecule has 4 nitrogen and oxygen atoms in total. The molecule has 0 aliphatic carbocycles. The van der Waals surface area contributed by atoms with E-state index in [-0.39, 0.29) is 5.95 Å². The first kappa shape index (κ1) is 10.4. The molecule has 1 aromatic heterocycles. The summed E-state index contributed by atoms with van der Waals surface area (Å²) in [5.41, 5.74) is 7.85. The van der Waals surface area contributed by atoms with Gasteiger partial charge < -0.3 is 10.6 Å². The van der Waals surface area contributed by atoms with E-state index >= 15 is 0 Å². The Morgan fingerprint density at radius 1 is 1.25 bits per heavy atom. The van der Waals surface area contributed by atoms with Gasteiger partial charge in [0, 0.05) is 18.9 Å². The van der Waals surface area contributed by atoms with Crippen LogP contribution in [0.1, 0.15) is 5.56 Å². The van der Waals surface area contributed by atoms with Crippen molar-refractivity contribution in [3.05, 3.63) is 42.1 Å². The van der Waals surface area contributed by atoms with Crippen LogP contribution in [0.3, 0.4) is 0 Å². The van der Waals surface area contributed by atoms with E-state index in [1.807, 2.05) is 30.1 Å². The third kappa shape index (κ3) is 2.11. The Balaban J connectivity index is 2.35. The summed E-state index contributed by atoms with van der Waals surface area (Å²) in [5.74, 6) is 1.08. The zero-order valence-corrected chi connectivity index (χ0v) is 9.38. The molecule has 0 radical (unpaired) electrons. The summed E-state index contributed by atoms with van der Waals surface area (Å²) in [6.07, 6.45) is 1.66. The number of benzene rings is 1. The maximum absolute atomic E-state index is 5.56. The Labute approximate surface area is 94.8 Å². The van der Waals surface area contributed by atoms with Gasteiger partial charge in [-0.3, -0.25) is 0 Å². The molecular weight excluding hydrogens is 200 g/mol. The van der Waals surface area contributed by atoms with E-state index in [0.29, 0.717) is 0 Å². The lowest BCUT2D eigenvalue weighted by Crippen LogP contribution is -2.12. The molecule has 0 aliphatic heterocycles. The summed E-state index contributed by atoms with van der Waals surface area (Å²) < 4.78 is 0. The fraction of sp³-hybridized carbons (Fsp3) is 0.167. The Morgan fingerprint density at radius 3 is 2.75 bits per heavy atom. The molecule has 1 aromatic carbocycles. The molecule has 0 spiro atoms. The molecule has 0 bridgehead atoms. The van der Waals surface area contributed by atoms with Gasteiger partial charge in [-0.2, -0.15) is 4.98 Å². The van der Waals surface area contributed by atoms with Crippen LogP contribution in [0, 0.1) is 6.92 Å². The minimum Gasteiger partial charge on any atom is -0.368 e. The third-order valence-electron chi connectivity index (χ3n) is 2.39. The number of nitrogens with zero attached hydrogens (tertiary/aromatic N) is 3. The fourth-order valence-corrected chi connectivity index (χ4v) is 1.52. The predicted octanol–water partition coefficient (Wildman–Crippen LogP) is 2.14. The van der Waals surface area contributed by atoms with Gasteiger partial charge in [-0.1, -0.05) is 12.1 Å². The third-order valence-corrected chi connectivity index (χ3v) is 2.39. The monoisotopic (exact) mass is 214 g/mol. The number of nitrogens with two attached hydrogens (primary N) is 1. The van der Waals surface area contributed by atoms with E-state index < -0.39 is 0 Å². The molecule has 2 aromatic rings. The second-order valence-electron chi connectivity index (χ2n) is 3.67. The number of aromatic nitrogens is 2. The topological polar surface area (TPSA) is 55.0 Å². The molecule has 1 heterocycles. The molecule has 0 saturated heterocycles. The van der Waals surface area contributed by atoms with Gasteiger partial charge in [-0.05, 0) is 30.7 Å². The molecule has 4 heteroatoms. The molecule has 0 amide bonds. The molecule has 0 saturated carbocycles. The zero-order valence-electron chi connectivity index (χ0n) is 9.38. The quantitative estimate of drug-likeness (QED) is 0.832. The fourth-order valence-electron chi connectivity index (χ4n) is 1.52. The molecule has 0 aliphatic rings. The number of rotatable bonds is 2. The maximum atomic E-state index is 5.56. The highest BCUT2D eigenvalue weighted by molar-refractivity contribution is 5.60. The van der Waals surface area contributed by atoms with Crippen LogP contribution < -0.4 is 10.6 Å². The summed E-state index contributed by atoms with van der Waals surface area (Å²) in [5, 5.41) is 0. The van der Waals surface area contributed by atoms with Gasteiger partial charge in [0.1, 0.15) is 5.82 Å². The lowest BCUT2D eigenvalue weighted by molar-refractivity contribution is 1.09. The summed E-state index contributed by atoms with van der Waals surface area (Å²) in [7, 11) is 1.95. The second kappa shape index (κ2) is 4.18. The molecule has 82 valence electrons. The second-order valence-corrected chi connectivity index (χ2v) is 3.67. The lowest BCUT2D eigenvalue weighted by Gasteiger charge is -2.18. The van der Waals surface area contributed by atoms with Gasteiger partial charge in [-0.25, -0.2) is 4.98 Å². The van der Waals surface area contributed by atoms with Gasteiger partial charge in [0.25, 0.3) is 0 Å². The van der Waals surface area contributed by atoms with Crippen molar-refractivity contribution in [1.82, 2.24) is 9.97 Å². The Bertz CT molecular complexity index is 450. The van der Waals surface area contributed by atoms with Crippen LogP contribution in [0.5, 0.6) is 0 Å². The first-order valence-electron chi connectivity index (χ1n) is 5.06. The smallest absolute Gasteiger partial charge is 0.221 e. The maximum Gasteiger partial charge on any atom is 0.221 e. The van der Waals surface area contributed by atoms with Crippen LogP contribution in [-0.2, 0) is 0 Å². The average Bonchev–Trinajstić information content (AvgIpc) is 2.28. The van der Waals surface area contributed by atoms with Crippen molar-refractivity contribution >= 4 is 17.5 Å². The minimum atomic E-state index is 0.289. The van der Waals surface area contributed by atoms with Crippen LogP contribution in [0.2, 0.25) is 0 Å². The largest absolute Gasteiger partial charge is 0.368 e. The molecule has 2 N–H and O–H groups in total. The van der Waals surface area contributed by atoms with Gasteiger partial charge in [0.15, 0.2) is 0 Å². The van der Waals surface area contributed by atoms with E-state index in [1.165, 1.54) is 5.56 Å². The minimum absolute atomic E-state index is 0.289. The highest BCUT2D eigenvalue weighted by atomic mass is 15.2. The highest BCUT2D eigenvalue weighted by Gasteiger charge is 2.05. The molecule has 0 fully saturated rings. The van der Waals surface area contributed by atoms with E-state index in [1.54, 1.807) is 6.20 Å². The van der Waals surface area contributed by atoms with Crippen molar-refractivity contribution < 1.29 is 0 Å². The first-order valence-corrected chi connectivity index (χ1v) is 5.06. The van der Waals surface area contributed by atoms with E-state index in [9.17, 15) is 0 Å². The van der Waals surface area contributed by atoms with Crippen molar-refractivity contribution in [2.75, 3.05) is 17.7 Å². The van der Waals surface area contributed by atoms with Gasteiger partial charge in [-0.15, -0.1) is 0 Å². The molecular formula is C12H14N4. The van der Waals surface area contributed by atoms with Crippen molar-refractivity contribution in [2.45, 2.75) is 6.92 Å². The summed E-state index contributed by atoms with van der Waals surface area (Å²) >= 11 is 0. The van der Waals surface area contributed by atoms with Gasteiger partial charge >= 0.3 is 0 Å². The van der Waals surface area contributed by atoms with Crippen LogP contribution in [0.15, 0.2) is 36.5 Å². The number of nitrogen functional groups attached to an aromatic ring is 1. The van der Waals surface area contributed by atoms with Crippen molar-refractivity contribution in [3.63, 3.8) is 0 Å². The number of hydrogen-bond acceptors (Lipinski definition) is 4. The lowest BCUT2D eigenvalue weighted by atomic mass is 10.2. The van der Waals surface area contributed by atoms with Crippen molar-refractivity contribution in [2.24, 2.45) is 0 Å². The van der Waals surface area contributed by atoms with Gasteiger partial charge in [0.05, 0.1) is 0 Å². The van der Waals surface area contributed by atoms with Crippen molar-refractivity contribution in [3.8, 4) is 0 Å². The average molecular weight is 214 g/mol. The van der Waals surface area contributed by atoms with Gasteiger partial charge in [0.2, 0.25) is 5.95 Å². The predicted molar refractivity (Wildman–Crippen MR) is 65.7 cm³/mol. The Kier molecular flexibility index (Phi) is 2.72. The van der Waals surface area contributed by atoms with Crippen LogP contribution in [0.25, 0.3) is 0 Å². The molecule has 0 atom stereocenters. The molecule has 16 heavy (non-hydrogen) atoms. The summed E-state index contributed by atoms with van der Waals surface area (Å²) in [6.45, 7) is 2.06. The van der Waals surface area contributed by atoms with Crippen LogP contribution >= 0.6 is 0 Å². The van der Waals surface area contributed by atoms with Crippen LogP contribution in [-0.4, -0.2) is 17.0 Å². The number of anilines is 3. The first-order chi connectivity index (χ1) is 7.66. The molecule has 2 rings (SSSR count). The van der Waals surface area contributed by atoms with Crippen molar-refractivity contribution in [1.29, 1.82) is 0 Å². The SMILES string of the molecule is Cc1cccc(N(C)c2ccnc(N)n2)c1. The van der Waals surface area contributed by atoms with E-state index in [4.69, 9.17) is 5.73 Å². The number of hydrogen-bond donors (Lipinski definition) is 1. The highest BCUT2D eigenvalue weighted by Crippen LogP contribution is 2.22. The molecule has 0 unspecified atom stereocenters. The van der Waals surface area contributed by atoms with E-state index in [2.05, 4.69) is 29.0 Å². The Morgan fingerprint density at radius 2 is 2.06 bits per heavy atom. The van der Waals surface area contributed by atoms with Crippen LogP contribution in [0.4, 0.5) is 17.5 Å². The Hall–Kier alpha value is -2.10. The summed E-state index contributed by atoms with van der Waals surface area (Å²) in [6, 6.07) is 10.0. The number of aryl methyl sites for hydroxylation is 1. The van der Waals surface area contributed by atoms with E-state index in [0.717, 1.165) is 11.5 Å².